The average molecular weight is 413 g/mol. The van der Waals surface area contributed by atoms with Crippen molar-refractivity contribution in [2.24, 2.45) is 28.9 Å². The van der Waals surface area contributed by atoms with Crippen LogP contribution in [0.4, 0.5) is 0 Å². The third-order valence-electron chi connectivity index (χ3n) is 7.10. The zero-order chi connectivity index (χ0) is 21.1. The van der Waals surface area contributed by atoms with Crippen LogP contribution in [-0.2, 0) is 9.59 Å². The van der Waals surface area contributed by atoms with Crippen molar-refractivity contribution in [2.75, 3.05) is 20.3 Å². The molecule has 0 spiro atoms. The molecule has 0 atom stereocenters. The van der Waals surface area contributed by atoms with Gasteiger partial charge in [-0.3, -0.25) is 9.59 Å². The van der Waals surface area contributed by atoms with Gasteiger partial charge in [-0.25, -0.2) is 0 Å². The number of ether oxygens (including phenoxy) is 2. The van der Waals surface area contributed by atoms with E-state index < -0.39 is 5.91 Å². The van der Waals surface area contributed by atoms with Gasteiger partial charge < -0.3 is 20.5 Å². The van der Waals surface area contributed by atoms with Gasteiger partial charge in [0.1, 0.15) is 0 Å². The molecule has 2 amide bonds. The second-order valence-corrected chi connectivity index (χ2v) is 9.46. The Kier molecular flexibility index (Phi) is 6.02. The van der Waals surface area contributed by atoms with Gasteiger partial charge >= 0.3 is 0 Å². The number of carbonyl (C=O) groups excluding carboxylic acids is 2. The molecule has 4 saturated carbocycles. The minimum Gasteiger partial charge on any atom is -0.493 e. The summed E-state index contributed by atoms with van der Waals surface area (Å²) >= 11 is 0. The van der Waals surface area contributed by atoms with E-state index >= 15 is 0 Å². The van der Waals surface area contributed by atoms with Crippen molar-refractivity contribution in [3.8, 4) is 11.5 Å². The number of nitrogens with one attached hydrogen (secondary N) is 1. The Morgan fingerprint density at radius 1 is 1.13 bits per heavy atom. The summed E-state index contributed by atoms with van der Waals surface area (Å²) in [6.07, 6.45) is 12.9. The first-order valence-corrected chi connectivity index (χ1v) is 11.0. The Balaban J connectivity index is 1.27. The first kappa shape index (κ1) is 20.8. The molecule has 4 bridgehead atoms. The minimum absolute atomic E-state index is 0.0762. The van der Waals surface area contributed by atoms with Crippen molar-refractivity contribution >= 4 is 17.9 Å². The number of methoxy groups -OCH3 is 1. The van der Waals surface area contributed by atoms with Gasteiger partial charge in [0, 0.05) is 12.6 Å². The van der Waals surface area contributed by atoms with Gasteiger partial charge in [0.15, 0.2) is 18.1 Å². The molecule has 0 unspecified atom stereocenters. The maximum atomic E-state index is 12.3. The molecule has 30 heavy (non-hydrogen) atoms. The quantitative estimate of drug-likeness (QED) is 0.609. The predicted octanol–water partition coefficient (Wildman–Crippen LogP) is 3.30. The number of carbonyl (C=O) groups is 2. The van der Waals surface area contributed by atoms with Crippen molar-refractivity contribution in [3.05, 3.63) is 29.8 Å². The summed E-state index contributed by atoms with van der Waals surface area (Å²) < 4.78 is 10.6. The average Bonchev–Trinajstić information content (AvgIpc) is 2.69. The Hall–Kier alpha value is -2.50. The highest BCUT2D eigenvalue weighted by atomic mass is 16.5. The van der Waals surface area contributed by atoms with E-state index in [2.05, 4.69) is 5.32 Å². The van der Waals surface area contributed by atoms with Gasteiger partial charge in [-0.1, -0.05) is 6.07 Å². The maximum absolute atomic E-state index is 12.3. The van der Waals surface area contributed by atoms with Crippen LogP contribution < -0.4 is 20.5 Å². The van der Waals surface area contributed by atoms with Crippen LogP contribution in [0, 0.1) is 23.2 Å². The van der Waals surface area contributed by atoms with E-state index in [0.29, 0.717) is 16.9 Å². The number of hydrogen-bond donors (Lipinski definition) is 2. The lowest BCUT2D eigenvalue weighted by atomic mass is 9.49. The smallest absolute Gasteiger partial charge is 0.255 e. The SMILES string of the molecule is COc1cc(/C=C/C(=O)NCCC23CC4CC(CC(C4)C2)C3)ccc1OCC(N)=O. The van der Waals surface area contributed by atoms with Crippen molar-refractivity contribution in [1.29, 1.82) is 0 Å². The zero-order valence-corrected chi connectivity index (χ0v) is 17.7. The zero-order valence-electron chi connectivity index (χ0n) is 17.7. The minimum atomic E-state index is -0.550. The first-order chi connectivity index (χ1) is 14.4. The van der Waals surface area contributed by atoms with E-state index in [1.807, 2.05) is 0 Å². The standard InChI is InChI=1S/C24H32N2O4/c1-29-21-11-16(2-4-20(21)30-15-22(25)27)3-5-23(28)26-7-6-24-12-17-8-18(13-24)10-19(9-17)14-24/h2-5,11,17-19H,6-10,12-15H2,1H3,(H2,25,27)(H,26,28)/b5-3+. The molecule has 4 fully saturated rings. The van der Waals surface area contributed by atoms with Crippen molar-refractivity contribution in [3.63, 3.8) is 0 Å². The predicted molar refractivity (Wildman–Crippen MR) is 115 cm³/mol. The second kappa shape index (κ2) is 8.70. The largest absolute Gasteiger partial charge is 0.493 e. The van der Waals surface area contributed by atoms with Crippen LogP contribution in [0.1, 0.15) is 50.5 Å². The highest BCUT2D eigenvalue weighted by Gasteiger charge is 2.50. The molecule has 4 aliphatic carbocycles. The third-order valence-corrected chi connectivity index (χ3v) is 7.10. The fourth-order valence-corrected chi connectivity index (χ4v) is 6.33. The van der Waals surface area contributed by atoms with Crippen LogP contribution in [0.3, 0.4) is 0 Å². The van der Waals surface area contributed by atoms with Gasteiger partial charge in [-0.15, -0.1) is 0 Å². The molecular weight excluding hydrogens is 380 g/mol. The Labute approximate surface area is 178 Å². The molecule has 1 aromatic carbocycles. The summed E-state index contributed by atoms with van der Waals surface area (Å²) in [6, 6.07) is 5.26. The van der Waals surface area contributed by atoms with Gasteiger partial charge in [-0.2, -0.15) is 0 Å². The summed E-state index contributed by atoms with van der Waals surface area (Å²) in [5.41, 5.74) is 6.41. The third kappa shape index (κ3) is 4.79. The molecule has 0 aromatic heterocycles. The van der Waals surface area contributed by atoms with Crippen LogP contribution in [0.5, 0.6) is 11.5 Å². The van der Waals surface area contributed by atoms with Crippen molar-refractivity contribution in [1.82, 2.24) is 5.32 Å². The second-order valence-electron chi connectivity index (χ2n) is 9.46. The molecule has 1 aromatic rings. The van der Waals surface area contributed by atoms with E-state index in [-0.39, 0.29) is 12.5 Å². The summed E-state index contributed by atoms with van der Waals surface area (Å²) in [6.45, 7) is 0.538. The number of nitrogens with two attached hydrogens (primary N) is 1. The lowest BCUT2D eigenvalue weighted by Crippen LogP contribution is -2.47. The molecule has 4 aliphatic rings. The van der Waals surface area contributed by atoms with Crippen LogP contribution in [0.2, 0.25) is 0 Å². The molecule has 5 rings (SSSR count). The Bertz CT molecular complexity index is 797. The van der Waals surface area contributed by atoms with Gasteiger partial charge in [-0.05, 0) is 91.9 Å². The topological polar surface area (TPSA) is 90.7 Å². The molecule has 0 aliphatic heterocycles. The molecule has 6 heteroatoms. The normalized spacial score (nSPS) is 29.2. The van der Waals surface area contributed by atoms with Crippen LogP contribution in [0.15, 0.2) is 24.3 Å². The van der Waals surface area contributed by atoms with E-state index in [1.54, 1.807) is 30.4 Å². The van der Waals surface area contributed by atoms with Crippen LogP contribution in [0.25, 0.3) is 6.08 Å². The summed E-state index contributed by atoms with van der Waals surface area (Å²) in [5.74, 6) is 3.12. The first-order valence-electron chi connectivity index (χ1n) is 11.0. The number of amides is 2. The lowest BCUT2D eigenvalue weighted by molar-refractivity contribution is -0.120. The molecular formula is C24H32N2O4. The molecule has 6 nitrogen and oxygen atoms in total. The van der Waals surface area contributed by atoms with E-state index in [9.17, 15) is 9.59 Å². The monoisotopic (exact) mass is 412 g/mol. The van der Waals surface area contributed by atoms with Crippen LogP contribution >= 0.6 is 0 Å². The number of hydrogen-bond acceptors (Lipinski definition) is 4. The van der Waals surface area contributed by atoms with Crippen molar-refractivity contribution in [2.45, 2.75) is 44.9 Å². The van der Waals surface area contributed by atoms with E-state index in [1.165, 1.54) is 45.6 Å². The van der Waals surface area contributed by atoms with E-state index in [4.69, 9.17) is 15.2 Å². The summed E-state index contributed by atoms with van der Waals surface area (Å²) in [5, 5.41) is 3.07. The number of primary amides is 1. The molecule has 162 valence electrons. The maximum Gasteiger partial charge on any atom is 0.255 e. The lowest BCUT2D eigenvalue weighted by Gasteiger charge is -2.57. The Morgan fingerprint density at radius 2 is 1.80 bits per heavy atom. The number of benzene rings is 1. The molecule has 3 N–H and O–H groups in total. The highest BCUT2D eigenvalue weighted by molar-refractivity contribution is 5.91. The molecule has 0 heterocycles. The summed E-state index contributed by atoms with van der Waals surface area (Å²) in [4.78, 5) is 23.2. The van der Waals surface area contributed by atoms with Gasteiger partial charge in [0.2, 0.25) is 5.91 Å². The summed E-state index contributed by atoms with van der Waals surface area (Å²) in [7, 11) is 1.52. The highest BCUT2D eigenvalue weighted by Crippen LogP contribution is 2.61. The number of rotatable bonds is 9. The fourth-order valence-electron chi connectivity index (χ4n) is 6.33. The van der Waals surface area contributed by atoms with Gasteiger partial charge in [0.25, 0.3) is 5.91 Å². The van der Waals surface area contributed by atoms with Crippen LogP contribution in [-0.4, -0.2) is 32.1 Å². The van der Waals surface area contributed by atoms with Crippen molar-refractivity contribution < 1.29 is 19.1 Å². The Morgan fingerprint density at radius 3 is 2.40 bits per heavy atom. The molecule has 0 radical (unpaired) electrons. The molecule has 0 saturated heterocycles. The van der Waals surface area contributed by atoms with Gasteiger partial charge in [0.05, 0.1) is 7.11 Å². The van der Waals surface area contributed by atoms with E-state index in [0.717, 1.165) is 36.3 Å². The fraction of sp³-hybridized carbons (Fsp3) is 0.583.